The number of ketones is 1. The molecule has 5 aromatic carbocycles. The molecular weight excluding hydrogens is 657 g/mol. The lowest BCUT2D eigenvalue weighted by atomic mass is 9.59. The second kappa shape index (κ2) is 11.5. The summed E-state index contributed by atoms with van der Waals surface area (Å²) in [6, 6.07) is 38.5. The summed E-state index contributed by atoms with van der Waals surface area (Å²) in [5.41, 5.74) is 1.35. The van der Waals surface area contributed by atoms with Gasteiger partial charge >= 0.3 is 0 Å². The van der Waals surface area contributed by atoms with E-state index in [2.05, 4.69) is 0 Å². The number of hydrogen-bond acceptors (Lipinski definition) is 5. The van der Waals surface area contributed by atoms with Crippen molar-refractivity contribution >= 4 is 57.6 Å². The third-order valence-corrected chi connectivity index (χ3v) is 11.1. The Labute approximate surface area is 293 Å². The fourth-order valence-corrected chi connectivity index (χ4v) is 8.81. The van der Waals surface area contributed by atoms with Crippen LogP contribution < -0.4 is 14.4 Å². The van der Waals surface area contributed by atoms with Gasteiger partial charge in [-0.25, -0.2) is 4.90 Å². The molecule has 4 atom stereocenters. The summed E-state index contributed by atoms with van der Waals surface area (Å²) in [5.74, 6) is -1.99. The molecule has 49 heavy (non-hydrogen) atoms. The van der Waals surface area contributed by atoms with E-state index in [4.69, 9.17) is 32.7 Å². The monoisotopic (exact) mass is 685 g/mol. The van der Waals surface area contributed by atoms with Crippen LogP contribution in [0.4, 0.5) is 5.69 Å². The predicted molar refractivity (Wildman–Crippen MR) is 190 cm³/mol. The van der Waals surface area contributed by atoms with Crippen molar-refractivity contribution in [3.63, 3.8) is 0 Å². The summed E-state index contributed by atoms with van der Waals surface area (Å²) in [5, 5.41) is 0.508. The van der Waals surface area contributed by atoms with Crippen LogP contribution in [0.5, 0.6) is 11.5 Å². The molecule has 2 fully saturated rings. The third kappa shape index (κ3) is 4.11. The molecule has 0 spiro atoms. The zero-order valence-electron chi connectivity index (χ0n) is 26.5. The number of carbonyl (C=O) groups excluding carboxylic acids is 3. The van der Waals surface area contributed by atoms with Gasteiger partial charge in [-0.15, -0.1) is 0 Å². The molecule has 0 unspecified atom stereocenters. The van der Waals surface area contributed by atoms with E-state index in [1.165, 1.54) is 11.0 Å². The predicted octanol–water partition coefficient (Wildman–Crippen LogP) is 8.20. The minimum Gasteiger partial charge on any atom is -0.497 e. The van der Waals surface area contributed by atoms with E-state index >= 15 is 14.4 Å². The number of amides is 2. The Morgan fingerprint density at radius 2 is 0.980 bits per heavy atom. The molecule has 1 heterocycles. The molecule has 1 saturated heterocycles. The molecule has 5 aromatic rings. The Morgan fingerprint density at radius 3 is 1.37 bits per heavy atom. The molecule has 6 nitrogen and oxygen atoms in total. The number of fused-ring (bicyclic) bond motifs is 5. The lowest BCUT2D eigenvalue weighted by Gasteiger charge is -2.39. The largest absolute Gasteiger partial charge is 0.497 e. The van der Waals surface area contributed by atoms with Crippen molar-refractivity contribution in [3.05, 3.63) is 160 Å². The van der Waals surface area contributed by atoms with E-state index in [-0.39, 0.29) is 10.8 Å². The molecule has 2 aliphatic carbocycles. The number of anilines is 1. The fraction of sp³-hybridized carbons (Fsp3) is 0.146. The first-order chi connectivity index (χ1) is 23.8. The van der Waals surface area contributed by atoms with Crippen molar-refractivity contribution in [2.75, 3.05) is 19.1 Å². The molecule has 2 bridgehead atoms. The van der Waals surface area contributed by atoms with E-state index < -0.39 is 34.5 Å². The van der Waals surface area contributed by atoms with Crippen molar-refractivity contribution in [1.82, 2.24) is 0 Å². The van der Waals surface area contributed by atoms with Gasteiger partial charge in [0.2, 0.25) is 11.8 Å². The summed E-state index contributed by atoms with van der Waals surface area (Å²) < 4.78 is 11.0. The van der Waals surface area contributed by atoms with Crippen molar-refractivity contribution in [3.8, 4) is 11.5 Å². The van der Waals surface area contributed by atoms with Gasteiger partial charge in [-0.3, -0.25) is 14.4 Å². The number of allylic oxidation sites excluding steroid dienone is 2. The Morgan fingerprint density at radius 1 is 0.551 bits per heavy atom. The Bertz CT molecular complexity index is 2050. The van der Waals surface area contributed by atoms with Crippen LogP contribution in [0.2, 0.25) is 10.0 Å². The van der Waals surface area contributed by atoms with Crippen LogP contribution in [0.3, 0.4) is 0 Å². The summed E-state index contributed by atoms with van der Waals surface area (Å²) in [7, 11) is 3.19. The minimum atomic E-state index is -1.54. The maximum atomic E-state index is 16.0. The average Bonchev–Trinajstić information content (AvgIpc) is 3.65. The quantitative estimate of drug-likeness (QED) is 0.162. The van der Waals surface area contributed by atoms with E-state index in [1.54, 1.807) is 26.4 Å². The highest BCUT2D eigenvalue weighted by atomic mass is 35.5. The van der Waals surface area contributed by atoms with Crippen molar-refractivity contribution in [2.24, 2.45) is 11.8 Å². The Hall–Kier alpha value is -5.17. The summed E-state index contributed by atoms with van der Waals surface area (Å²) >= 11 is 12.7. The van der Waals surface area contributed by atoms with Gasteiger partial charge in [0.25, 0.3) is 0 Å². The fourth-order valence-electron chi connectivity index (χ4n) is 8.52. The van der Waals surface area contributed by atoms with Crippen LogP contribution in [-0.4, -0.2) is 31.8 Å². The van der Waals surface area contributed by atoms with E-state index in [0.717, 1.165) is 11.1 Å². The lowest BCUT2D eigenvalue weighted by Crippen LogP contribution is -2.45. The van der Waals surface area contributed by atoms with Crippen molar-refractivity contribution in [1.29, 1.82) is 0 Å². The van der Waals surface area contributed by atoms with Crippen LogP contribution in [0.25, 0.3) is 11.1 Å². The number of methoxy groups -OCH3 is 2. The molecule has 0 radical (unpaired) electrons. The van der Waals surface area contributed by atoms with Crippen LogP contribution in [0.1, 0.15) is 22.3 Å². The standard InChI is InChI=1S/C41H29Cl2NO5/c1-48-29-18-13-24(14-19-29)33-34(25-15-20-30(49-2)21-16-25)41(27-11-7-4-8-12-27)36-35(40(33,39(41)47)26-9-5-3-6-10-26)37(45)44(38(36)46)28-17-22-31(42)32(43)23-28/h3-23,35-36H,1-2H3/t35-,36-,40-,41-/m1/s1. The first-order valence-corrected chi connectivity index (χ1v) is 16.6. The molecule has 0 N–H and O–H groups in total. The SMILES string of the molecule is COc1ccc(C2=C(c3ccc(OC)cc3)[C@@]3(c4ccccc4)C(=O)[C@@]2(c2ccccc2)[C@H]2C(=O)N(c4ccc(Cl)c(Cl)c4)C(=O)[C@@H]23)cc1. The topological polar surface area (TPSA) is 72.9 Å². The first-order valence-electron chi connectivity index (χ1n) is 15.8. The van der Waals surface area contributed by atoms with Gasteiger partial charge in [0.15, 0.2) is 5.78 Å². The number of Topliss-reactive ketones (excluding diaryl/α,β-unsaturated/α-hetero) is 1. The van der Waals surface area contributed by atoms with Gasteiger partial charge in [-0.1, -0.05) is 108 Å². The summed E-state index contributed by atoms with van der Waals surface area (Å²) in [6.07, 6.45) is 0. The smallest absolute Gasteiger partial charge is 0.239 e. The van der Waals surface area contributed by atoms with Gasteiger partial charge in [-0.2, -0.15) is 0 Å². The summed E-state index contributed by atoms with van der Waals surface area (Å²) in [6.45, 7) is 0. The normalized spacial score (nSPS) is 24.1. The Balaban J connectivity index is 1.54. The third-order valence-electron chi connectivity index (χ3n) is 10.4. The zero-order valence-corrected chi connectivity index (χ0v) is 28.0. The first kappa shape index (κ1) is 31.1. The number of ether oxygens (including phenoxy) is 2. The second-order valence-electron chi connectivity index (χ2n) is 12.4. The number of hydrogen-bond donors (Lipinski definition) is 0. The molecule has 242 valence electrons. The number of benzene rings is 5. The second-order valence-corrected chi connectivity index (χ2v) is 13.3. The molecule has 8 heteroatoms. The molecule has 0 aromatic heterocycles. The maximum Gasteiger partial charge on any atom is 0.239 e. The van der Waals surface area contributed by atoms with E-state index in [1.807, 2.05) is 109 Å². The molecule has 1 aliphatic heterocycles. The number of carbonyl (C=O) groups is 3. The lowest BCUT2D eigenvalue weighted by molar-refractivity contribution is -0.130. The van der Waals surface area contributed by atoms with E-state index in [9.17, 15) is 0 Å². The van der Waals surface area contributed by atoms with E-state index in [0.29, 0.717) is 44.5 Å². The van der Waals surface area contributed by atoms with Crippen LogP contribution in [0, 0.1) is 11.8 Å². The average molecular weight is 687 g/mol. The van der Waals surface area contributed by atoms with Crippen molar-refractivity contribution in [2.45, 2.75) is 10.8 Å². The number of halogens is 2. The maximum absolute atomic E-state index is 16.0. The van der Waals surface area contributed by atoms with Crippen LogP contribution in [0.15, 0.2) is 127 Å². The highest BCUT2D eigenvalue weighted by Crippen LogP contribution is 2.74. The van der Waals surface area contributed by atoms with Gasteiger partial charge in [0.05, 0.1) is 52.6 Å². The Kier molecular flexibility index (Phi) is 7.28. The minimum absolute atomic E-state index is 0.209. The molecule has 1 saturated carbocycles. The highest BCUT2D eigenvalue weighted by molar-refractivity contribution is 6.43. The zero-order chi connectivity index (χ0) is 34.1. The highest BCUT2D eigenvalue weighted by Gasteiger charge is 2.82. The molecule has 8 rings (SSSR count). The number of rotatable bonds is 7. The summed E-state index contributed by atoms with van der Waals surface area (Å²) in [4.78, 5) is 47.4. The van der Waals surface area contributed by atoms with Gasteiger partial charge in [-0.05, 0) is 75.9 Å². The number of imide groups is 1. The number of nitrogens with zero attached hydrogens (tertiary/aromatic N) is 1. The molecular formula is C41H29Cl2NO5. The van der Waals surface area contributed by atoms with Gasteiger partial charge in [0, 0.05) is 0 Å². The van der Waals surface area contributed by atoms with Crippen LogP contribution in [-0.2, 0) is 25.2 Å². The van der Waals surface area contributed by atoms with Crippen LogP contribution >= 0.6 is 23.2 Å². The van der Waals surface area contributed by atoms with Gasteiger partial charge in [0.1, 0.15) is 11.5 Å². The van der Waals surface area contributed by atoms with Gasteiger partial charge < -0.3 is 9.47 Å². The van der Waals surface area contributed by atoms with Crippen molar-refractivity contribution < 1.29 is 23.9 Å². The molecule has 2 amide bonds. The molecule has 3 aliphatic rings.